The molecule has 238 valence electrons. The van der Waals surface area contributed by atoms with Crippen LogP contribution in [-0.2, 0) is 15.1 Å². The summed E-state index contributed by atoms with van der Waals surface area (Å²) in [6.45, 7) is 3.81. The number of nitrogens with one attached hydrogen (secondary N) is 1. The van der Waals surface area contributed by atoms with Gasteiger partial charge in [0.25, 0.3) is 0 Å². The molecule has 7 nitrogen and oxygen atoms in total. The predicted octanol–water partition coefficient (Wildman–Crippen LogP) is 7.43. The topological polar surface area (TPSA) is 90.0 Å². The van der Waals surface area contributed by atoms with Gasteiger partial charge in [0.15, 0.2) is 0 Å². The van der Waals surface area contributed by atoms with Crippen LogP contribution in [0.25, 0.3) is 0 Å². The Labute approximate surface area is 268 Å². The Kier molecular flexibility index (Phi) is 8.96. The zero-order valence-electron chi connectivity index (χ0n) is 24.7. The van der Waals surface area contributed by atoms with Crippen LogP contribution in [0.1, 0.15) is 54.1 Å². The second kappa shape index (κ2) is 12.3. The highest BCUT2D eigenvalue weighted by molar-refractivity contribution is 6.31. The average Bonchev–Trinajstić information content (AvgIpc) is 3.19. The van der Waals surface area contributed by atoms with E-state index >= 15 is 4.39 Å². The molecule has 2 amide bonds. The molecule has 45 heavy (non-hydrogen) atoms. The molecule has 0 radical (unpaired) electrons. The van der Waals surface area contributed by atoms with E-state index in [1.807, 2.05) is 18.7 Å². The number of rotatable bonds is 9. The molecule has 0 spiro atoms. The molecule has 3 aromatic carbocycles. The maximum atomic E-state index is 16.1. The molecule has 12 heteroatoms. The van der Waals surface area contributed by atoms with Crippen molar-refractivity contribution in [1.29, 1.82) is 0 Å². The van der Waals surface area contributed by atoms with Crippen LogP contribution < -0.4 is 10.2 Å². The van der Waals surface area contributed by atoms with Crippen molar-refractivity contribution in [1.82, 2.24) is 4.90 Å². The normalized spacial score (nSPS) is 24.6. The third kappa shape index (κ3) is 5.91. The molecule has 2 unspecified atom stereocenters. The molecule has 3 aromatic rings. The van der Waals surface area contributed by atoms with Gasteiger partial charge in [0, 0.05) is 54.8 Å². The maximum Gasteiger partial charge on any atom is 0.335 e. The number of nitrogens with zero attached hydrogens (tertiary/aromatic N) is 2. The summed E-state index contributed by atoms with van der Waals surface area (Å²) in [5.41, 5.74) is 0.218. The van der Waals surface area contributed by atoms with Gasteiger partial charge in [-0.2, -0.15) is 0 Å². The van der Waals surface area contributed by atoms with Gasteiger partial charge in [0.2, 0.25) is 18.2 Å². The lowest BCUT2D eigenvalue weighted by Crippen LogP contribution is -2.51. The SMILES string of the molecule is CC1[C@@H](C(=O)N(C)c2ccc(C(=O)O)cc2)C(c2cccc(Cl)c2F)[C@@](C)(c2ccc(Cl)cc2NC=O)N1CC1CC(F)(F)C1. The number of carbonyl (C=O) groups excluding carboxylic acids is 2. The summed E-state index contributed by atoms with van der Waals surface area (Å²) in [4.78, 5) is 41.0. The van der Waals surface area contributed by atoms with E-state index in [4.69, 9.17) is 23.2 Å². The van der Waals surface area contributed by atoms with Crippen LogP contribution in [0.3, 0.4) is 0 Å². The lowest BCUT2D eigenvalue weighted by atomic mass is 9.70. The van der Waals surface area contributed by atoms with Gasteiger partial charge in [0.05, 0.1) is 22.0 Å². The number of alkyl halides is 2. The van der Waals surface area contributed by atoms with Crippen molar-refractivity contribution >= 4 is 52.9 Å². The minimum absolute atomic E-state index is 0.0432. The maximum absolute atomic E-state index is 16.1. The van der Waals surface area contributed by atoms with Gasteiger partial charge in [-0.25, -0.2) is 18.0 Å². The van der Waals surface area contributed by atoms with E-state index in [1.54, 1.807) is 37.4 Å². The van der Waals surface area contributed by atoms with Crippen LogP contribution in [0.15, 0.2) is 60.7 Å². The van der Waals surface area contributed by atoms with E-state index in [1.165, 1.54) is 35.2 Å². The molecule has 2 N–H and O–H groups in total. The summed E-state index contributed by atoms with van der Waals surface area (Å²) in [5.74, 6) is -7.28. The zero-order valence-corrected chi connectivity index (χ0v) is 26.2. The van der Waals surface area contributed by atoms with Crippen molar-refractivity contribution < 1.29 is 32.7 Å². The number of aromatic carboxylic acids is 1. The predicted molar refractivity (Wildman–Crippen MR) is 167 cm³/mol. The Balaban J connectivity index is 1.71. The molecule has 4 atom stereocenters. The number of amides is 2. The summed E-state index contributed by atoms with van der Waals surface area (Å²) in [6.07, 6.45) is -0.159. The fourth-order valence-electron chi connectivity index (χ4n) is 7.22. The second-order valence-corrected chi connectivity index (χ2v) is 12.9. The number of anilines is 2. The quantitative estimate of drug-likeness (QED) is 0.233. The van der Waals surface area contributed by atoms with E-state index in [-0.39, 0.29) is 35.5 Å². The first-order chi connectivity index (χ1) is 21.2. The van der Waals surface area contributed by atoms with Crippen molar-refractivity contribution in [3.05, 3.63) is 93.2 Å². The van der Waals surface area contributed by atoms with Crippen molar-refractivity contribution in [2.24, 2.45) is 11.8 Å². The molecule has 0 bridgehead atoms. The van der Waals surface area contributed by atoms with Crippen LogP contribution in [0, 0.1) is 17.7 Å². The Bertz CT molecular complexity index is 1630. The molecular weight excluding hydrogens is 630 g/mol. The van der Waals surface area contributed by atoms with Gasteiger partial charge in [-0.3, -0.25) is 14.5 Å². The van der Waals surface area contributed by atoms with E-state index in [9.17, 15) is 28.3 Å². The van der Waals surface area contributed by atoms with Gasteiger partial charge in [-0.1, -0.05) is 41.4 Å². The first-order valence-electron chi connectivity index (χ1n) is 14.4. The Hall–Kier alpha value is -3.60. The van der Waals surface area contributed by atoms with Gasteiger partial charge in [0.1, 0.15) is 5.82 Å². The summed E-state index contributed by atoms with van der Waals surface area (Å²) < 4.78 is 44.2. The van der Waals surface area contributed by atoms with Crippen molar-refractivity contribution in [3.8, 4) is 0 Å². The van der Waals surface area contributed by atoms with E-state index in [0.29, 0.717) is 28.4 Å². The van der Waals surface area contributed by atoms with Crippen LogP contribution in [-0.4, -0.2) is 53.8 Å². The van der Waals surface area contributed by atoms with Crippen LogP contribution in [0.4, 0.5) is 24.5 Å². The molecule has 0 aromatic heterocycles. The summed E-state index contributed by atoms with van der Waals surface area (Å²) >= 11 is 12.6. The van der Waals surface area contributed by atoms with Gasteiger partial charge < -0.3 is 15.3 Å². The molecular formula is C33H32Cl2F3N3O4. The van der Waals surface area contributed by atoms with Gasteiger partial charge in [-0.05, 0) is 73.4 Å². The van der Waals surface area contributed by atoms with Crippen molar-refractivity contribution in [2.75, 3.05) is 23.8 Å². The number of halogens is 5. The van der Waals surface area contributed by atoms with E-state index < -0.39 is 53.0 Å². The third-order valence-corrected chi connectivity index (χ3v) is 9.90. The van der Waals surface area contributed by atoms with E-state index in [2.05, 4.69) is 5.32 Å². The lowest BCUT2D eigenvalue weighted by molar-refractivity contribution is -0.126. The standard InChI is InChI=1S/C33H32Cl2F3N3O4/c1-18-27(30(43)40(3)22-10-7-20(8-11-22)31(44)45)28(23-5-4-6-25(35)29(23)36)32(2,41(18)16-19-14-33(37,38)15-19)24-12-9-21(34)13-26(24)39-17-42/h4-13,17-19,27-28H,14-16H2,1-3H3,(H,39,42)(H,44,45)/t18?,27-,28?,32-/m1/s1. The highest BCUT2D eigenvalue weighted by Gasteiger charge is 2.61. The monoisotopic (exact) mass is 661 g/mol. The third-order valence-electron chi connectivity index (χ3n) is 9.38. The number of carboxylic acid groups (broad SMARTS) is 1. The number of hydrogen-bond donors (Lipinski definition) is 2. The van der Waals surface area contributed by atoms with Crippen molar-refractivity contribution in [3.63, 3.8) is 0 Å². The van der Waals surface area contributed by atoms with Gasteiger partial charge >= 0.3 is 5.97 Å². The summed E-state index contributed by atoms with van der Waals surface area (Å²) in [5, 5.41) is 12.2. The van der Waals surface area contributed by atoms with Crippen molar-refractivity contribution in [2.45, 2.75) is 50.1 Å². The molecule has 1 saturated carbocycles. The van der Waals surface area contributed by atoms with Crippen LogP contribution >= 0.6 is 23.2 Å². The largest absolute Gasteiger partial charge is 0.478 e. The fraction of sp³-hybridized carbons (Fsp3) is 0.364. The van der Waals surface area contributed by atoms with E-state index in [0.717, 1.165) is 0 Å². The molecule has 1 heterocycles. The molecule has 1 saturated heterocycles. The zero-order chi connectivity index (χ0) is 32.8. The average molecular weight is 663 g/mol. The fourth-order valence-corrected chi connectivity index (χ4v) is 7.57. The minimum Gasteiger partial charge on any atom is -0.478 e. The van der Waals surface area contributed by atoms with Gasteiger partial charge in [-0.15, -0.1) is 0 Å². The first-order valence-corrected chi connectivity index (χ1v) is 15.1. The Morgan fingerprint density at radius 3 is 2.38 bits per heavy atom. The number of carbonyl (C=O) groups is 3. The summed E-state index contributed by atoms with van der Waals surface area (Å²) in [6, 6.07) is 14.6. The smallest absolute Gasteiger partial charge is 0.335 e. The number of benzene rings is 3. The Morgan fingerprint density at radius 1 is 1.11 bits per heavy atom. The molecule has 1 aliphatic carbocycles. The molecule has 2 aliphatic rings. The van der Waals surface area contributed by atoms with Crippen LogP contribution in [0.2, 0.25) is 10.0 Å². The number of likely N-dealkylation sites (tertiary alicyclic amines) is 1. The number of hydrogen-bond acceptors (Lipinski definition) is 4. The molecule has 2 fully saturated rings. The highest BCUT2D eigenvalue weighted by atomic mass is 35.5. The molecule has 5 rings (SSSR count). The van der Waals surface area contributed by atoms with Crippen LogP contribution in [0.5, 0.6) is 0 Å². The first kappa shape index (κ1) is 32.8. The molecule has 1 aliphatic heterocycles. The lowest BCUT2D eigenvalue weighted by Gasteiger charge is -2.46. The number of carboxylic acids is 1. The summed E-state index contributed by atoms with van der Waals surface area (Å²) in [7, 11) is 1.55. The second-order valence-electron chi connectivity index (χ2n) is 12.0. The highest BCUT2D eigenvalue weighted by Crippen LogP contribution is 2.58. The minimum atomic E-state index is -2.79. The Morgan fingerprint density at radius 2 is 1.78 bits per heavy atom.